The summed E-state index contributed by atoms with van der Waals surface area (Å²) >= 11 is 0. The Morgan fingerprint density at radius 2 is 1.79 bits per heavy atom. The van der Waals surface area contributed by atoms with Gasteiger partial charge in [0, 0.05) is 23.8 Å². The number of benzene rings is 1. The molecule has 8 heteroatoms. The molecule has 0 N–H and O–H groups in total. The van der Waals surface area contributed by atoms with Gasteiger partial charge in [-0.2, -0.15) is 0 Å². The second kappa shape index (κ2) is 5.05. The van der Waals surface area contributed by atoms with Gasteiger partial charge >= 0.3 is 0 Å². The Hall–Kier alpha value is -1.21. The molecular weight excluding hydrogens is 300 g/mol. The Morgan fingerprint density at radius 3 is 2.32 bits per heavy atom. The number of likely N-dealkylation sites (tertiary alicyclic amines) is 1. The monoisotopic (exact) mass is 309 g/mol. The highest BCUT2D eigenvalue weighted by Gasteiger charge is 2.28. The summed E-state index contributed by atoms with van der Waals surface area (Å²) in [4.78, 5) is 12.3. The van der Waals surface area contributed by atoms with Crippen molar-refractivity contribution in [2.24, 2.45) is 0 Å². The van der Waals surface area contributed by atoms with Gasteiger partial charge in [-0.25, -0.2) is 17.2 Å². The molecule has 1 aromatic rings. The minimum atomic E-state index is -4.45. The number of amides is 1. The molecule has 0 unspecified atom stereocenters. The van der Waals surface area contributed by atoms with E-state index in [1.807, 2.05) is 0 Å². The number of carbonyl (C=O) groups excluding carboxylic acids is 1. The Kier molecular flexibility index (Phi) is 3.78. The van der Waals surface area contributed by atoms with Crippen molar-refractivity contribution in [2.75, 3.05) is 13.1 Å². The van der Waals surface area contributed by atoms with Crippen LogP contribution in [-0.2, 0) is 9.05 Å². The molecule has 1 saturated heterocycles. The van der Waals surface area contributed by atoms with Gasteiger partial charge in [0.25, 0.3) is 15.0 Å². The highest BCUT2D eigenvalue weighted by molar-refractivity contribution is 8.13. The number of nitrogens with zero attached hydrogens (tertiary/aromatic N) is 1. The van der Waals surface area contributed by atoms with Crippen LogP contribution in [0.25, 0.3) is 0 Å². The van der Waals surface area contributed by atoms with Crippen LogP contribution in [0, 0.1) is 11.6 Å². The summed E-state index contributed by atoms with van der Waals surface area (Å²) in [6.45, 7) is 0.884. The van der Waals surface area contributed by atoms with Crippen molar-refractivity contribution in [3.8, 4) is 0 Å². The quantitative estimate of drug-likeness (QED) is 0.786. The van der Waals surface area contributed by atoms with Crippen molar-refractivity contribution in [3.05, 3.63) is 29.3 Å². The smallest absolute Gasteiger partial charge is 0.264 e. The number of carbonyl (C=O) groups is 1. The van der Waals surface area contributed by atoms with Crippen LogP contribution in [-0.4, -0.2) is 32.3 Å². The Balaban J connectivity index is 2.52. The maximum Gasteiger partial charge on any atom is 0.264 e. The molecule has 1 amide bonds. The lowest BCUT2D eigenvalue weighted by Gasteiger charge is -2.16. The minimum Gasteiger partial charge on any atom is -0.339 e. The molecule has 1 heterocycles. The molecule has 0 spiro atoms. The molecule has 0 atom stereocenters. The Morgan fingerprint density at radius 1 is 1.21 bits per heavy atom. The summed E-state index contributed by atoms with van der Waals surface area (Å²) in [6.07, 6.45) is 1.56. The van der Waals surface area contributed by atoms with E-state index in [0.717, 1.165) is 12.8 Å². The van der Waals surface area contributed by atoms with Crippen LogP contribution in [0.15, 0.2) is 17.0 Å². The van der Waals surface area contributed by atoms with E-state index in [9.17, 15) is 22.0 Å². The average molecular weight is 310 g/mol. The minimum absolute atomic E-state index is 0.442. The first-order valence-electron chi connectivity index (χ1n) is 5.53. The van der Waals surface area contributed by atoms with Crippen LogP contribution >= 0.6 is 10.7 Å². The fourth-order valence-electron chi connectivity index (χ4n) is 1.99. The first kappa shape index (κ1) is 14.2. The maximum absolute atomic E-state index is 14.0. The summed E-state index contributed by atoms with van der Waals surface area (Å²) in [5.74, 6) is -3.06. The topological polar surface area (TPSA) is 54.5 Å². The Labute approximate surface area is 113 Å². The lowest BCUT2D eigenvalue weighted by Crippen LogP contribution is -2.29. The molecule has 19 heavy (non-hydrogen) atoms. The van der Waals surface area contributed by atoms with E-state index in [2.05, 4.69) is 0 Å². The fourth-order valence-corrected chi connectivity index (χ4v) is 2.90. The molecule has 0 radical (unpaired) electrons. The van der Waals surface area contributed by atoms with Gasteiger partial charge < -0.3 is 4.90 Å². The number of halogens is 3. The molecule has 2 rings (SSSR count). The van der Waals surface area contributed by atoms with Crippen LogP contribution in [0.1, 0.15) is 23.2 Å². The zero-order valence-electron chi connectivity index (χ0n) is 9.70. The third-order valence-electron chi connectivity index (χ3n) is 2.89. The molecule has 0 aromatic heterocycles. The van der Waals surface area contributed by atoms with E-state index in [1.165, 1.54) is 4.90 Å². The molecular formula is C11H10ClF2NO3S. The number of rotatable bonds is 2. The lowest BCUT2D eigenvalue weighted by atomic mass is 10.2. The largest absolute Gasteiger partial charge is 0.339 e. The van der Waals surface area contributed by atoms with Crippen LogP contribution < -0.4 is 0 Å². The van der Waals surface area contributed by atoms with Gasteiger partial charge in [0.1, 0.15) is 10.7 Å². The number of hydrogen-bond acceptors (Lipinski definition) is 3. The highest BCUT2D eigenvalue weighted by Crippen LogP contribution is 2.25. The summed E-state index contributed by atoms with van der Waals surface area (Å²) < 4.78 is 49.6. The maximum atomic E-state index is 14.0. The van der Waals surface area contributed by atoms with Crippen LogP contribution in [0.4, 0.5) is 8.78 Å². The molecule has 4 nitrogen and oxygen atoms in total. The van der Waals surface area contributed by atoms with Crippen LogP contribution in [0.2, 0.25) is 0 Å². The van der Waals surface area contributed by atoms with Gasteiger partial charge in [0.2, 0.25) is 0 Å². The molecule has 0 bridgehead atoms. The third kappa shape index (κ3) is 2.87. The zero-order chi connectivity index (χ0) is 14.2. The first-order valence-corrected chi connectivity index (χ1v) is 7.84. The van der Waals surface area contributed by atoms with E-state index in [0.29, 0.717) is 25.2 Å². The van der Waals surface area contributed by atoms with Crippen molar-refractivity contribution in [2.45, 2.75) is 17.7 Å². The van der Waals surface area contributed by atoms with Gasteiger partial charge in [0.15, 0.2) is 5.82 Å². The average Bonchev–Trinajstić information content (AvgIpc) is 2.83. The fraction of sp³-hybridized carbons (Fsp3) is 0.364. The SMILES string of the molecule is O=C(c1cc(F)cc(S(=O)(=O)Cl)c1F)N1CCCC1. The van der Waals surface area contributed by atoms with Gasteiger partial charge in [-0.15, -0.1) is 0 Å². The van der Waals surface area contributed by atoms with Crippen molar-refractivity contribution in [1.82, 2.24) is 4.90 Å². The van der Waals surface area contributed by atoms with Gasteiger partial charge in [-0.05, 0) is 25.0 Å². The van der Waals surface area contributed by atoms with E-state index in [-0.39, 0.29) is 0 Å². The van der Waals surface area contributed by atoms with Crippen molar-refractivity contribution >= 4 is 25.6 Å². The van der Waals surface area contributed by atoms with Crippen molar-refractivity contribution in [1.29, 1.82) is 0 Å². The lowest BCUT2D eigenvalue weighted by molar-refractivity contribution is 0.0787. The van der Waals surface area contributed by atoms with Crippen LogP contribution in [0.3, 0.4) is 0 Å². The standard InChI is InChI=1S/C11H10ClF2NO3S/c12-19(17,18)9-6-7(13)5-8(10(9)14)11(16)15-3-1-2-4-15/h5-6H,1-4H2. The number of hydrogen-bond donors (Lipinski definition) is 0. The zero-order valence-corrected chi connectivity index (χ0v) is 11.3. The van der Waals surface area contributed by atoms with Crippen molar-refractivity contribution < 1.29 is 22.0 Å². The van der Waals surface area contributed by atoms with E-state index >= 15 is 0 Å². The molecule has 104 valence electrons. The van der Waals surface area contributed by atoms with E-state index < -0.39 is 37.1 Å². The normalized spacial score (nSPS) is 15.8. The van der Waals surface area contributed by atoms with E-state index in [1.54, 1.807) is 0 Å². The van der Waals surface area contributed by atoms with Gasteiger partial charge in [0.05, 0.1) is 5.56 Å². The van der Waals surface area contributed by atoms with Crippen molar-refractivity contribution in [3.63, 3.8) is 0 Å². The third-order valence-corrected chi connectivity index (χ3v) is 4.21. The first-order chi connectivity index (χ1) is 8.80. The molecule has 1 aromatic carbocycles. The second-order valence-corrected chi connectivity index (χ2v) is 6.74. The highest BCUT2D eigenvalue weighted by atomic mass is 35.7. The van der Waals surface area contributed by atoms with Gasteiger partial charge in [-0.1, -0.05) is 0 Å². The molecule has 1 fully saturated rings. The molecule has 1 aliphatic rings. The Bertz CT molecular complexity index is 627. The summed E-state index contributed by atoms with van der Waals surface area (Å²) in [7, 11) is 0.564. The van der Waals surface area contributed by atoms with E-state index in [4.69, 9.17) is 10.7 Å². The molecule has 0 saturated carbocycles. The predicted octanol–water partition coefficient (Wildman–Crippen LogP) is 2.13. The predicted molar refractivity (Wildman–Crippen MR) is 64.5 cm³/mol. The molecule has 1 aliphatic heterocycles. The van der Waals surface area contributed by atoms with Crippen LogP contribution in [0.5, 0.6) is 0 Å². The van der Waals surface area contributed by atoms with Gasteiger partial charge in [-0.3, -0.25) is 4.79 Å². The molecule has 0 aliphatic carbocycles. The second-order valence-electron chi connectivity index (χ2n) is 4.20. The summed E-state index contributed by atoms with van der Waals surface area (Å²) in [5.41, 5.74) is -0.610. The summed E-state index contributed by atoms with van der Waals surface area (Å²) in [6, 6.07) is 1.14. The summed E-state index contributed by atoms with van der Waals surface area (Å²) in [5, 5.41) is 0.